The summed E-state index contributed by atoms with van der Waals surface area (Å²) in [4.78, 5) is 4.97. The fourth-order valence-electron chi connectivity index (χ4n) is 3.73. The molecule has 2 heterocycles. The predicted octanol–water partition coefficient (Wildman–Crippen LogP) is 4.02. The number of benzene rings is 1. The average molecular weight is 311 g/mol. The number of likely N-dealkylation sites (tertiary alicyclic amines) is 1. The highest BCUT2D eigenvalue weighted by Gasteiger charge is 2.26. The van der Waals surface area contributed by atoms with Gasteiger partial charge in [-0.3, -0.25) is 0 Å². The third kappa shape index (κ3) is 3.35. The summed E-state index contributed by atoms with van der Waals surface area (Å²) in [5, 5.41) is 0. The summed E-state index contributed by atoms with van der Waals surface area (Å²) in [6.07, 6.45) is 6.44. The lowest BCUT2D eigenvalue weighted by Gasteiger charge is -2.41. The Labute approximate surface area is 131 Å². The van der Waals surface area contributed by atoms with Crippen molar-refractivity contribution in [2.24, 2.45) is 0 Å². The highest BCUT2D eigenvalue weighted by atomic mass is 35.5. The standard InChI is InChI=1S/C17H24ClFN2/c18-13-15-16(19)5-4-6-17(15)21-11-7-14(8-12-21)20-9-2-1-3-10-20/h4-6,14H,1-3,7-13H2. The molecule has 0 N–H and O–H groups in total. The molecule has 2 saturated heterocycles. The first-order valence-electron chi connectivity index (χ1n) is 8.12. The lowest BCUT2D eigenvalue weighted by Crippen LogP contribution is -2.47. The Morgan fingerprint density at radius 2 is 1.76 bits per heavy atom. The highest BCUT2D eigenvalue weighted by molar-refractivity contribution is 6.17. The molecule has 0 amide bonds. The smallest absolute Gasteiger partial charge is 0.129 e. The van der Waals surface area contributed by atoms with E-state index in [1.54, 1.807) is 6.07 Å². The van der Waals surface area contributed by atoms with Crippen LogP contribution in [0, 0.1) is 5.82 Å². The van der Waals surface area contributed by atoms with Crippen LogP contribution >= 0.6 is 11.6 Å². The molecule has 4 heteroatoms. The zero-order valence-electron chi connectivity index (χ0n) is 12.5. The van der Waals surface area contributed by atoms with E-state index in [0.717, 1.165) is 24.8 Å². The van der Waals surface area contributed by atoms with Crippen molar-refractivity contribution in [1.29, 1.82) is 0 Å². The van der Waals surface area contributed by atoms with Gasteiger partial charge in [0.1, 0.15) is 5.82 Å². The van der Waals surface area contributed by atoms with E-state index >= 15 is 0 Å². The number of halogens is 2. The van der Waals surface area contributed by atoms with Gasteiger partial charge in [-0.2, -0.15) is 0 Å². The zero-order valence-corrected chi connectivity index (χ0v) is 13.3. The fourth-order valence-corrected chi connectivity index (χ4v) is 4.00. The van der Waals surface area contributed by atoms with Crippen LogP contribution in [0.4, 0.5) is 10.1 Å². The number of hydrogen-bond acceptors (Lipinski definition) is 2. The first kappa shape index (κ1) is 15.1. The number of alkyl halides is 1. The van der Waals surface area contributed by atoms with Crippen LogP contribution in [-0.4, -0.2) is 37.1 Å². The molecule has 2 aliphatic rings. The van der Waals surface area contributed by atoms with Crippen LogP contribution in [0.25, 0.3) is 0 Å². The van der Waals surface area contributed by atoms with Crippen molar-refractivity contribution in [2.75, 3.05) is 31.1 Å². The van der Waals surface area contributed by atoms with Gasteiger partial charge in [-0.05, 0) is 50.9 Å². The number of nitrogens with zero attached hydrogens (tertiary/aromatic N) is 2. The van der Waals surface area contributed by atoms with E-state index in [1.807, 2.05) is 6.07 Å². The molecule has 1 aromatic rings. The lowest BCUT2D eigenvalue weighted by molar-refractivity contribution is 0.141. The minimum Gasteiger partial charge on any atom is -0.371 e. The largest absolute Gasteiger partial charge is 0.371 e. The molecule has 0 aromatic heterocycles. The van der Waals surface area contributed by atoms with E-state index in [0.29, 0.717) is 5.56 Å². The van der Waals surface area contributed by atoms with Crippen molar-refractivity contribution in [3.05, 3.63) is 29.6 Å². The molecule has 21 heavy (non-hydrogen) atoms. The molecule has 3 rings (SSSR count). The molecule has 0 bridgehead atoms. The molecule has 116 valence electrons. The average Bonchev–Trinajstić information content (AvgIpc) is 2.55. The van der Waals surface area contributed by atoms with Crippen LogP contribution in [0.15, 0.2) is 18.2 Å². The summed E-state index contributed by atoms with van der Waals surface area (Å²) in [5.41, 5.74) is 1.64. The number of rotatable bonds is 3. The van der Waals surface area contributed by atoms with Gasteiger partial charge in [-0.15, -0.1) is 11.6 Å². The normalized spacial score (nSPS) is 21.7. The maximum absolute atomic E-state index is 13.9. The molecular formula is C17H24ClFN2. The lowest BCUT2D eigenvalue weighted by atomic mass is 9.99. The van der Waals surface area contributed by atoms with Gasteiger partial charge in [0, 0.05) is 30.4 Å². The van der Waals surface area contributed by atoms with Gasteiger partial charge in [0.25, 0.3) is 0 Å². The van der Waals surface area contributed by atoms with Crippen LogP contribution < -0.4 is 4.90 Å². The Bertz CT molecular complexity index is 466. The zero-order chi connectivity index (χ0) is 14.7. The Morgan fingerprint density at radius 3 is 2.43 bits per heavy atom. The topological polar surface area (TPSA) is 6.48 Å². The maximum atomic E-state index is 13.9. The monoisotopic (exact) mass is 310 g/mol. The second-order valence-corrected chi connectivity index (χ2v) is 6.45. The van der Waals surface area contributed by atoms with E-state index in [2.05, 4.69) is 9.80 Å². The van der Waals surface area contributed by atoms with E-state index in [9.17, 15) is 4.39 Å². The molecule has 0 atom stereocenters. The van der Waals surface area contributed by atoms with Crippen molar-refractivity contribution in [3.8, 4) is 0 Å². The van der Waals surface area contributed by atoms with Gasteiger partial charge in [-0.25, -0.2) is 4.39 Å². The second-order valence-electron chi connectivity index (χ2n) is 6.19. The Hall–Kier alpha value is -0.800. The maximum Gasteiger partial charge on any atom is 0.129 e. The summed E-state index contributed by atoms with van der Waals surface area (Å²) in [6.45, 7) is 4.54. The van der Waals surface area contributed by atoms with Crippen molar-refractivity contribution in [1.82, 2.24) is 4.90 Å². The molecule has 2 aliphatic heterocycles. The molecule has 0 unspecified atom stereocenters. The first-order valence-corrected chi connectivity index (χ1v) is 8.65. The van der Waals surface area contributed by atoms with Crippen LogP contribution in [-0.2, 0) is 5.88 Å². The van der Waals surface area contributed by atoms with Gasteiger partial charge in [0.2, 0.25) is 0 Å². The van der Waals surface area contributed by atoms with Gasteiger partial charge in [0.15, 0.2) is 0 Å². The highest BCUT2D eigenvalue weighted by Crippen LogP contribution is 2.29. The summed E-state index contributed by atoms with van der Waals surface area (Å²) in [7, 11) is 0. The van der Waals surface area contributed by atoms with E-state index in [4.69, 9.17) is 11.6 Å². The molecule has 2 fully saturated rings. The molecule has 2 nitrogen and oxygen atoms in total. The molecular weight excluding hydrogens is 287 g/mol. The van der Waals surface area contributed by atoms with Crippen molar-refractivity contribution in [3.63, 3.8) is 0 Å². The fraction of sp³-hybridized carbons (Fsp3) is 0.647. The summed E-state index contributed by atoms with van der Waals surface area (Å²) >= 11 is 5.93. The van der Waals surface area contributed by atoms with Gasteiger partial charge in [0.05, 0.1) is 5.88 Å². The van der Waals surface area contributed by atoms with E-state index < -0.39 is 0 Å². The van der Waals surface area contributed by atoms with Gasteiger partial charge >= 0.3 is 0 Å². The van der Waals surface area contributed by atoms with Crippen LogP contribution in [0.5, 0.6) is 0 Å². The van der Waals surface area contributed by atoms with Crippen LogP contribution in [0.1, 0.15) is 37.7 Å². The molecule has 0 saturated carbocycles. The van der Waals surface area contributed by atoms with Crippen molar-refractivity contribution in [2.45, 2.75) is 44.0 Å². The molecule has 0 aliphatic carbocycles. The molecule has 0 spiro atoms. The van der Waals surface area contributed by atoms with E-state index in [1.165, 1.54) is 51.3 Å². The van der Waals surface area contributed by atoms with Crippen LogP contribution in [0.3, 0.4) is 0 Å². The predicted molar refractivity (Wildman–Crippen MR) is 86.6 cm³/mol. The first-order chi connectivity index (χ1) is 10.3. The number of piperidine rings is 2. The quantitative estimate of drug-likeness (QED) is 0.778. The summed E-state index contributed by atoms with van der Waals surface area (Å²) in [6, 6.07) is 6.01. The third-order valence-electron chi connectivity index (χ3n) is 4.94. The van der Waals surface area contributed by atoms with Crippen LogP contribution in [0.2, 0.25) is 0 Å². The molecule has 1 aromatic carbocycles. The van der Waals surface area contributed by atoms with Crippen molar-refractivity contribution < 1.29 is 4.39 Å². The molecule has 0 radical (unpaired) electrons. The third-order valence-corrected chi connectivity index (χ3v) is 5.21. The summed E-state index contributed by atoms with van der Waals surface area (Å²) < 4.78 is 13.9. The minimum absolute atomic E-state index is 0.180. The Morgan fingerprint density at radius 1 is 1.05 bits per heavy atom. The Balaban J connectivity index is 1.64. The van der Waals surface area contributed by atoms with Crippen molar-refractivity contribution >= 4 is 17.3 Å². The van der Waals surface area contributed by atoms with E-state index in [-0.39, 0.29) is 11.7 Å². The summed E-state index contributed by atoms with van der Waals surface area (Å²) in [5.74, 6) is 0.0642. The number of anilines is 1. The second kappa shape index (κ2) is 6.97. The SMILES string of the molecule is Fc1cccc(N2CCC(N3CCCCC3)CC2)c1CCl. The number of hydrogen-bond donors (Lipinski definition) is 0. The van der Waals surface area contributed by atoms with Gasteiger partial charge < -0.3 is 9.80 Å². The Kier molecular flexibility index (Phi) is 5.02. The van der Waals surface area contributed by atoms with Gasteiger partial charge in [-0.1, -0.05) is 12.5 Å². The minimum atomic E-state index is -0.180.